The smallest absolute Gasteiger partial charge is 0.0732 e. The first-order valence-corrected chi connectivity index (χ1v) is 4.38. The van der Waals surface area contributed by atoms with Crippen molar-refractivity contribution in [1.82, 2.24) is 5.32 Å². The number of rotatable bonds is 1. The van der Waals surface area contributed by atoms with Crippen LogP contribution in [0.2, 0.25) is 0 Å². The Morgan fingerprint density at radius 3 is 3.00 bits per heavy atom. The topological polar surface area (TPSA) is 21.3 Å². The summed E-state index contributed by atoms with van der Waals surface area (Å²) in [4.78, 5) is 0. The first-order valence-electron chi connectivity index (χ1n) is 4.38. The van der Waals surface area contributed by atoms with E-state index in [1.807, 2.05) is 0 Å². The minimum absolute atomic E-state index is 0.467. The Balaban J connectivity index is 1.90. The summed E-state index contributed by atoms with van der Waals surface area (Å²) in [5, 5.41) is 3.42. The zero-order valence-corrected chi connectivity index (χ0v) is 6.81. The summed E-state index contributed by atoms with van der Waals surface area (Å²) >= 11 is 0. The van der Waals surface area contributed by atoms with Crippen LogP contribution in [-0.2, 0) is 4.74 Å². The van der Waals surface area contributed by atoms with Crippen molar-refractivity contribution < 1.29 is 4.74 Å². The highest BCUT2D eigenvalue weighted by molar-refractivity contribution is 5.08. The van der Waals surface area contributed by atoms with E-state index >= 15 is 0 Å². The van der Waals surface area contributed by atoms with Gasteiger partial charge < -0.3 is 10.1 Å². The number of ether oxygens (including phenoxy) is 1. The Labute approximate surface area is 67.6 Å². The molecule has 0 aromatic rings. The molecule has 0 bridgehead atoms. The van der Waals surface area contributed by atoms with Crippen molar-refractivity contribution in [2.75, 3.05) is 13.2 Å². The predicted molar refractivity (Wildman–Crippen MR) is 44.5 cm³/mol. The summed E-state index contributed by atoms with van der Waals surface area (Å²) in [5.74, 6) is 0. The molecule has 62 valence electrons. The zero-order valence-electron chi connectivity index (χ0n) is 6.81. The molecule has 0 aromatic heterocycles. The Morgan fingerprint density at radius 1 is 1.55 bits per heavy atom. The predicted octanol–water partition coefficient (Wildman–Crippen LogP) is 1.08. The van der Waals surface area contributed by atoms with E-state index in [0.29, 0.717) is 12.1 Å². The van der Waals surface area contributed by atoms with E-state index in [2.05, 4.69) is 11.9 Å². The van der Waals surface area contributed by atoms with Crippen molar-refractivity contribution >= 4 is 0 Å². The van der Waals surface area contributed by atoms with Gasteiger partial charge in [-0.1, -0.05) is 12.2 Å². The van der Waals surface area contributed by atoms with Gasteiger partial charge in [-0.15, -0.1) is 0 Å². The van der Waals surface area contributed by atoms with Crippen LogP contribution in [0.1, 0.15) is 19.3 Å². The Bertz CT molecular complexity index is 161. The summed E-state index contributed by atoms with van der Waals surface area (Å²) in [7, 11) is 0. The van der Waals surface area contributed by atoms with Crippen LogP contribution < -0.4 is 5.32 Å². The molecule has 0 amide bonds. The Morgan fingerprint density at radius 2 is 2.45 bits per heavy atom. The van der Waals surface area contributed by atoms with Gasteiger partial charge in [0.25, 0.3) is 0 Å². The van der Waals surface area contributed by atoms with E-state index in [0.717, 1.165) is 19.6 Å². The first-order chi connectivity index (χ1) is 5.36. The highest BCUT2D eigenvalue weighted by Crippen LogP contribution is 2.22. The van der Waals surface area contributed by atoms with Crippen LogP contribution in [0.25, 0.3) is 0 Å². The van der Waals surface area contributed by atoms with Crippen molar-refractivity contribution in [2.45, 2.75) is 31.4 Å². The third-order valence-corrected chi connectivity index (χ3v) is 2.54. The van der Waals surface area contributed by atoms with E-state index in [4.69, 9.17) is 4.74 Å². The summed E-state index contributed by atoms with van der Waals surface area (Å²) in [6.07, 6.45) is 4.04. The molecule has 11 heavy (non-hydrogen) atoms. The molecule has 0 spiro atoms. The summed E-state index contributed by atoms with van der Waals surface area (Å²) in [6.45, 7) is 5.90. The fraction of sp³-hybridized carbons (Fsp3) is 0.778. The summed E-state index contributed by atoms with van der Waals surface area (Å²) in [6, 6.07) is 0.560. The van der Waals surface area contributed by atoms with Crippen molar-refractivity contribution in [3.63, 3.8) is 0 Å². The Hall–Kier alpha value is -0.340. The van der Waals surface area contributed by atoms with Crippen molar-refractivity contribution in [3.05, 3.63) is 12.2 Å². The lowest BCUT2D eigenvalue weighted by Crippen LogP contribution is -2.33. The molecule has 2 heterocycles. The molecule has 2 aliphatic rings. The molecule has 2 nitrogen and oxygen atoms in total. The first kappa shape index (κ1) is 7.32. The van der Waals surface area contributed by atoms with E-state index < -0.39 is 0 Å². The quantitative estimate of drug-likeness (QED) is 0.569. The van der Waals surface area contributed by atoms with Gasteiger partial charge in [0.2, 0.25) is 0 Å². The van der Waals surface area contributed by atoms with Crippen molar-refractivity contribution in [3.8, 4) is 0 Å². The average Bonchev–Trinajstić information content (AvgIpc) is 2.55. The second-order valence-electron chi connectivity index (χ2n) is 3.49. The standard InChI is InChI=1S/C9H15NO/c1-7-5-8(10-6-7)9-3-2-4-11-9/h8-10H,1-6H2/t8-,9?/m0/s1. The summed E-state index contributed by atoms with van der Waals surface area (Å²) in [5.41, 5.74) is 1.32. The number of hydrogen-bond acceptors (Lipinski definition) is 2. The second kappa shape index (κ2) is 2.95. The molecule has 2 rings (SSSR count). The van der Waals surface area contributed by atoms with Crippen LogP contribution in [0.15, 0.2) is 12.2 Å². The van der Waals surface area contributed by atoms with Crippen LogP contribution in [0.5, 0.6) is 0 Å². The maximum atomic E-state index is 5.58. The van der Waals surface area contributed by atoms with E-state index in [9.17, 15) is 0 Å². The number of nitrogens with one attached hydrogen (secondary N) is 1. The van der Waals surface area contributed by atoms with Crippen LogP contribution in [0.4, 0.5) is 0 Å². The highest BCUT2D eigenvalue weighted by Gasteiger charge is 2.29. The SMILES string of the molecule is C=C1CN[C@H](C2CCCO2)C1. The van der Waals surface area contributed by atoms with Crippen LogP contribution in [0, 0.1) is 0 Å². The third-order valence-electron chi connectivity index (χ3n) is 2.54. The fourth-order valence-corrected chi connectivity index (χ4v) is 1.91. The van der Waals surface area contributed by atoms with Gasteiger partial charge in [-0.05, 0) is 19.3 Å². The van der Waals surface area contributed by atoms with Crippen LogP contribution in [0.3, 0.4) is 0 Å². The highest BCUT2D eigenvalue weighted by atomic mass is 16.5. The van der Waals surface area contributed by atoms with Gasteiger partial charge in [0, 0.05) is 19.2 Å². The lowest BCUT2D eigenvalue weighted by molar-refractivity contribution is 0.0850. The lowest BCUT2D eigenvalue weighted by Gasteiger charge is -2.16. The summed E-state index contributed by atoms with van der Waals surface area (Å²) < 4.78 is 5.58. The van der Waals surface area contributed by atoms with Gasteiger partial charge in [-0.2, -0.15) is 0 Å². The van der Waals surface area contributed by atoms with Gasteiger partial charge in [0.1, 0.15) is 0 Å². The maximum Gasteiger partial charge on any atom is 0.0732 e. The fourth-order valence-electron chi connectivity index (χ4n) is 1.91. The van der Waals surface area contributed by atoms with Crippen LogP contribution in [-0.4, -0.2) is 25.3 Å². The normalized spacial score (nSPS) is 38.4. The molecule has 2 heteroatoms. The molecule has 2 fully saturated rings. The monoisotopic (exact) mass is 153 g/mol. The zero-order chi connectivity index (χ0) is 7.68. The van der Waals surface area contributed by atoms with Gasteiger partial charge in [-0.3, -0.25) is 0 Å². The minimum Gasteiger partial charge on any atom is -0.377 e. The van der Waals surface area contributed by atoms with Gasteiger partial charge >= 0.3 is 0 Å². The molecular formula is C9H15NO. The van der Waals surface area contributed by atoms with Gasteiger partial charge in [0.15, 0.2) is 0 Å². The molecule has 0 saturated carbocycles. The van der Waals surface area contributed by atoms with E-state index in [-0.39, 0.29) is 0 Å². The molecule has 2 aliphatic heterocycles. The van der Waals surface area contributed by atoms with Gasteiger partial charge in [0.05, 0.1) is 6.10 Å². The van der Waals surface area contributed by atoms with Crippen molar-refractivity contribution in [1.29, 1.82) is 0 Å². The molecule has 0 radical (unpaired) electrons. The van der Waals surface area contributed by atoms with E-state index in [1.165, 1.54) is 18.4 Å². The van der Waals surface area contributed by atoms with Crippen molar-refractivity contribution in [2.24, 2.45) is 0 Å². The molecule has 0 aliphatic carbocycles. The molecule has 2 saturated heterocycles. The van der Waals surface area contributed by atoms with Gasteiger partial charge in [-0.25, -0.2) is 0 Å². The largest absolute Gasteiger partial charge is 0.377 e. The molecule has 1 N–H and O–H groups in total. The average molecular weight is 153 g/mol. The third kappa shape index (κ3) is 1.47. The van der Waals surface area contributed by atoms with E-state index in [1.54, 1.807) is 0 Å². The molecular weight excluding hydrogens is 138 g/mol. The Kier molecular flexibility index (Phi) is 1.96. The molecule has 0 aromatic carbocycles. The lowest BCUT2D eigenvalue weighted by atomic mass is 10.1. The molecule has 2 atom stereocenters. The van der Waals surface area contributed by atoms with Crippen LogP contribution >= 0.6 is 0 Å². The molecule has 1 unspecified atom stereocenters. The maximum absolute atomic E-state index is 5.58. The minimum atomic E-state index is 0.467. The number of hydrogen-bond donors (Lipinski definition) is 1. The second-order valence-corrected chi connectivity index (χ2v) is 3.49.